The van der Waals surface area contributed by atoms with E-state index in [0.29, 0.717) is 28.7 Å². The van der Waals surface area contributed by atoms with Crippen LogP contribution in [0.5, 0.6) is 23.1 Å². The van der Waals surface area contributed by atoms with Crippen LogP contribution in [-0.4, -0.2) is 11.8 Å². The normalized spacial score (nSPS) is 12.0. The predicted octanol–water partition coefficient (Wildman–Crippen LogP) is 2.78. The second-order valence-corrected chi connectivity index (χ2v) is 4.04. The maximum Gasteiger partial charge on any atom is 0.237 e. The summed E-state index contributed by atoms with van der Waals surface area (Å²) < 4.78 is 16.1. The molecule has 0 bridgehead atoms. The van der Waals surface area contributed by atoms with Gasteiger partial charge in [-0.25, -0.2) is 4.98 Å². The largest absolute Gasteiger partial charge is 0.454 e. The molecular formula is C14H10N2O3. The lowest BCUT2D eigenvalue weighted by molar-refractivity contribution is 0.174. The topological polar surface area (TPSA) is 64.4 Å². The van der Waals surface area contributed by atoms with Crippen LogP contribution in [0.15, 0.2) is 30.5 Å². The van der Waals surface area contributed by atoms with Crippen molar-refractivity contribution in [2.45, 2.75) is 6.92 Å². The Hall–Kier alpha value is -2.74. The van der Waals surface area contributed by atoms with E-state index < -0.39 is 0 Å². The maximum absolute atomic E-state index is 9.12. The summed E-state index contributed by atoms with van der Waals surface area (Å²) in [6.07, 6.45) is 1.61. The summed E-state index contributed by atoms with van der Waals surface area (Å²) in [5, 5.41) is 9.12. The monoisotopic (exact) mass is 254 g/mol. The van der Waals surface area contributed by atoms with Crippen LogP contribution >= 0.6 is 0 Å². The molecule has 1 aliphatic rings. The van der Waals surface area contributed by atoms with Gasteiger partial charge in [0.1, 0.15) is 17.4 Å². The van der Waals surface area contributed by atoms with Gasteiger partial charge < -0.3 is 14.2 Å². The lowest BCUT2D eigenvalue weighted by Crippen LogP contribution is -1.94. The number of pyridine rings is 1. The van der Waals surface area contributed by atoms with Gasteiger partial charge in [-0.05, 0) is 30.7 Å². The van der Waals surface area contributed by atoms with Crippen LogP contribution in [0.4, 0.5) is 0 Å². The van der Waals surface area contributed by atoms with E-state index in [4.69, 9.17) is 19.5 Å². The average molecular weight is 254 g/mol. The number of fused-ring (bicyclic) bond motifs is 1. The zero-order valence-corrected chi connectivity index (χ0v) is 10.2. The minimum absolute atomic E-state index is 0.213. The van der Waals surface area contributed by atoms with E-state index in [1.54, 1.807) is 30.5 Å². The summed E-state index contributed by atoms with van der Waals surface area (Å²) in [6, 6.07) is 9.09. The van der Waals surface area contributed by atoms with Gasteiger partial charge in [0.2, 0.25) is 12.7 Å². The summed E-state index contributed by atoms with van der Waals surface area (Å²) in [5.41, 5.74) is 1.26. The second-order valence-electron chi connectivity index (χ2n) is 4.04. The molecule has 2 aromatic rings. The Balaban J connectivity index is 1.94. The smallest absolute Gasteiger partial charge is 0.237 e. The molecule has 1 aromatic carbocycles. The van der Waals surface area contributed by atoms with Crippen molar-refractivity contribution in [3.05, 3.63) is 41.6 Å². The summed E-state index contributed by atoms with van der Waals surface area (Å²) in [6.45, 7) is 2.05. The first-order valence-corrected chi connectivity index (χ1v) is 5.71. The van der Waals surface area contributed by atoms with Crippen LogP contribution in [0.1, 0.15) is 11.1 Å². The summed E-state index contributed by atoms with van der Waals surface area (Å²) in [7, 11) is 0. The third kappa shape index (κ3) is 2.04. The van der Waals surface area contributed by atoms with Gasteiger partial charge in [0.05, 0.1) is 0 Å². The van der Waals surface area contributed by atoms with Gasteiger partial charge in [0, 0.05) is 12.3 Å². The number of hydrogen-bond acceptors (Lipinski definition) is 5. The highest BCUT2D eigenvalue weighted by atomic mass is 16.7. The number of aromatic nitrogens is 1. The third-order valence-corrected chi connectivity index (χ3v) is 2.79. The van der Waals surface area contributed by atoms with Crippen LogP contribution in [0.2, 0.25) is 0 Å². The highest BCUT2D eigenvalue weighted by Crippen LogP contribution is 2.36. The van der Waals surface area contributed by atoms with Crippen molar-refractivity contribution >= 4 is 0 Å². The first kappa shape index (κ1) is 11.4. The van der Waals surface area contributed by atoms with Gasteiger partial charge >= 0.3 is 0 Å². The lowest BCUT2D eigenvalue weighted by atomic mass is 10.2. The Morgan fingerprint density at radius 1 is 1.26 bits per heavy atom. The first-order valence-electron chi connectivity index (χ1n) is 5.71. The zero-order valence-electron chi connectivity index (χ0n) is 10.2. The van der Waals surface area contributed by atoms with Crippen molar-refractivity contribution < 1.29 is 14.2 Å². The Morgan fingerprint density at radius 2 is 2.11 bits per heavy atom. The van der Waals surface area contributed by atoms with E-state index >= 15 is 0 Å². The highest BCUT2D eigenvalue weighted by Gasteiger charge is 2.15. The fraction of sp³-hybridized carbons (Fsp3) is 0.143. The van der Waals surface area contributed by atoms with E-state index in [2.05, 4.69) is 11.1 Å². The van der Waals surface area contributed by atoms with Crippen molar-refractivity contribution in [2.24, 2.45) is 0 Å². The lowest BCUT2D eigenvalue weighted by Gasteiger charge is -2.08. The molecule has 1 aromatic heterocycles. The molecule has 3 rings (SSSR count). The molecule has 2 heterocycles. The summed E-state index contributed by atoms with van der Waals surface area (Å²) in [5.74, 6) is 2.16. The molecule has 19 heavy (non-hydrogen) atoms. The fourth-order valence-corrected chi connectivity index (χ4v) is 1.80. The second kappa shape index (κ2) is 4.50. The molecule has 5 heteroatoms. The van der Waals surface area contributed by atoms with Crippen LogP contribution < -0.4 is 14.2 Å². The van der Waals surface area contributed by atoms with E-state index in [1.165, 1.54) is 0 Å². The Kier molecular flexibility index (Phi) is 2.69. The minimum Gasteiger partial charge on any atom is -0.454 e. The zero-order chi connectivity index (χ0) is 13.2. The molecule has 0 atom stereocenters. The van der Waals surface area contributed by atoms with Gasteiger partial charge in [-0.3, -0.25) is 0 Å². The molecule has 1 aliphatic heterocycles. The average Bonchev–Trinajstić information content (AvgIpc) is 2.86. The molecule has 0 N–H and O–H groups in total. The SMILES string of the molecule is Cc1ccnc(Oc2ccc3c(c2)OCO3)c1C#N. The molecular weight excluding hydrogens is 244 g/mol. The van der Waals surface area contributed by atoms with Crippen molar-refractivity contribution in [2.75, 3.05) is 6.79 Å². The molecule has 0 saturated heterocycles. The number of ether oxygens (including phenoxy) is 3. The number of nitriles is 1. The number of nitrogens with zero attached hydrogens (tertiary/aromatic N) is 2. The van der Waals surface area contributed by atoms with Crippen molar-refractivity contribution in [3.8, 4) is 29.2 Å². The van der Waals surface area contributed by atoms with Crippen molar-refractivity contribution in [1.29, 1.82) is 5.26 Å². The van der Waals surface area contributed by atoms with Gasteiger partial charge in [0.25, 0.3) is 0 Å². The summed E-state index contributed by atoms with van der Waals surface area (Å²) in [4.78, 5) is 4.08. The molecule has 0 unspecified atom stereocenters. The van der Waals surface area contributed by atoms with E-state index in [9.17, 15) is 0 Å². The fourth-order valence-electron chi connectivity index (χ4n) is 1.80. The molecule has 0 fully saturated rings. The maximum atomic E-state index is 9.12. The molecule has 0 amide bonds. The van der Waals surface area contributed by atoms with Crippen LogP contribution in [-0.2, 0) is 0 Å². The van der Waals surface area contributed by atoms with Crippen molar-refractivity contribution in [3.63, 3.8) is 0 Å². The van der Waals surface area contributed by atoms with Crippen LogP contribution in [0, 0.1) is 18.3 Å². The van der Waals surface area contributed by atoms with E-state index in [1.807, 2.05) is 6.92 Å². The number of benzene rings is 1. The quantitative estimate of drug-likeness (QED) is 0.824. The van der Waals surface area contributed by atoms with E-state index in [0.717, 1.165) is 5.56 Å². The molecule has 94 valence electrons. The molecule has 0 saturated carbocycles. The standard InChI is InChI=1S/C14H10N2O3/c1-9-4-5-16-14(11(9)7-15)19-10-2-3-12-13(6-10)18-8-17-12/h2-6H,8H2,1H3. The van der Waals surface area contributed by atoms with Gasteiger partial charge in [-0.2, -0.15) is 5.26 Å². The van der Waals surface area contributed by atoms with Gasteiger partial charge in [0.15, 0.2) is 11.5 Å². The number of hydrogen-bond donors (Lipinski definition) is 0. The number of aryl methyl sites for hydroxylation is 1. The molecule has 0 spiro atoms. The van der Waals surface area contributed by atoms with Gasteiger partial charge in [-0.15, -0.1) is 0 Å². The first-order chi connectivity index (χ1) is 9.28. The third-order valence-electron chi connectivity index (χ3n) is 2.79. The highest BCUT2D eigenvalue weighted by molar-refractivity contribution is 5.50. The Labute approximate surface area is 110 Å². The summed E-state index contributed by atoms with van der Waals surface area (Å²) >= 11 is 0. The Morgan fingerprint density at radius 3 is 2.95 bits per heavy atom. The van der Waals surface area contributed by atoms with Crippen LogP contribution in [0.25, 0.3) is 0 Å². The number of rotatable bonds is 2. The van der Waals surface area contributed by atoms with Crippen LogP contribution in [0.3, 0.4) is 0 Å². The molecule has 5 nitrogen and oxygen atoms in total. The Bertz CT molecular complexity index is 677. The van der Waals surface area contributed by atoms with Crippen molar-refractivity contribution in [1.82, 2.24) is 4.98 Å². The minimum atomic E-state index is 0.213. The predicted molar refractivity (Wildman–Crippen MR) is 66.3 cm³/mol. The van der Waals surface area contributed by atoms with Gasteiger partial charge in [-0.1, -0.05) is 0 Å². The molecule has 0 radical (unpaired) electrons. The molecule has 0 aliphatic carbocycles. The van der Waals surface area contributed by atoms with E-state index in [-0.39, 0.29) is 6.79 Å².